The minimum absolute atomic E-state index is 0.144. The predicted octanol–water partition coefficient (Wildman–Crippen LogP) is 6.57. The minimum atomic E-state index is -0.484. The second-order valence-electron chi connectivity index (χ2n) is 6.47. The van der Waals surface area contributed by atoms with Crippen LogP contribution in [-0.2, 0) is 0 Å². The Labute approximate surface area is 175 Å². The molecular formula is C20H16ClN3O2S2. The van der Waals surface area contributed by atoms with E-state index >= 15 is 0 Å². The molecule has 2 heterocycles. The highest BCUT2D eigenvalue weighted by atomic mass is 35.5. The van der Waals surface area contributed by atoms with Gasteiger partial charge in [-0.25, -0.2) is 4.79 Å². The standard InChI is InChI=1S/C20H16ClN3O2S2/c1-11(2)24(20(25)26-13-7-5-12(21)6-8-13)15-10-16-18(23-19(27)28-16)14-4-3-9-22-17(14)15/h3-11H,1-2H3,(H,23,27). The van der Waals surface area contributed by atoms with Crippen LogP contribution in [0.4, 0.5) is 10.5 Å². The number of aromatic amines is 1. The molecule has 1 amide bonds. The number of thiazole rings is 1. The van der Waals surface area contributed by atoms with Crippen LogP contribution in [0.3, 0.4) is 0 Å². The van der Waals surface area contributed by atoms with Gasteiger partial charge in [0, 0.05) is 22.6 Å². The molecule has 0 saturated carbocycles. The SMILES string of the molecule is CC(C)N(C(=O)Oc1ccc(Cl)cc1)c1cc2sc(=S)[nH]c2c2cccnc12. The predicted molar refractivity (Wildman–Crippen MR) is 117 cm³/mol. The van der Waals surface area contributed by atoms with E-state index in [2.05, 4.69) is 9.97 Å². The van der Waals surface area contributed by atoms with Gasteiger partial charge in [-0.3, -0.25) is 9.88 Å². The van der Waals surface area contributed by atoms with Gasteiger partial charge < -0.3 is 9.72 Å². The van der Waals surface area contributed by atoms with Crippen molar-refractivity contribution in [1.82, 2.24) is 9.97 Å². The van der Waals surface area contributed by atoms with Crippen molar-refractivity contribution in [3.63, 3.8) is 0 Å². The van der Waals surface area contributed by atoms with E-state index in [4.69, 9.17) is 28.6 Å². The van der Waals surface area contributed by atoms with E-state index in [1.165, 1.54) is 11.3 Å². The zero-order chi connectivity index (χ0) is 19.8. The molecule has 1 N–H and O–H groups in total. The fourth-order valence-corrected chi connectivity index (χ4v) is 4.35. The Bertz CT molecular complexity index is 1230. The largest absolute Gasteiger partial charge is 0.420 e. The second kappa shape index (κ2) is 7.50. The maximum absolute atomic E-state index is 13.0. The number of benzene rings is 2. The van der Waals surface area contributed by atoms with E-state index in [0.29, 0.717) is 25.9 Å². The smallest absolute Gasteiger partial charge is 0.410 e. The number of hydrogen-bond donors (Lipinski definition) is 1. The normalized spacial score (nSPS) is 11.3. The number of rotatable bonds is 3. The average Bonchev–Trinajstić information content (AvgIpc) is 3.04. The fourth-order valence-electron chi connectivity index (χ4n) is 3.07. The van der Waals surface area contributed by atoms with Crippen LogP contribution in [0.5, 0.6) is 5.75 Å². The van der Waals surface area contributed by atoms with Crippen LogP contribution < -0.4 is 9.64 Å². The molecule has 4 aromatic rings. The third-order valence-corrected chi connectivity index (χ3v) is 5.69. The van der Waals surface area contributed by atoms with Crippen molar-refractivity contribution in [3.8, 4) is 5.75 Å². The lowest BCUT2D eigenvalue weighted by Crippen LogP contribution is -2.39. The summed E-state index contributed by atoms with van der Waals surface area (Å²) in [6.45, 7) is 3.86. The molecular weight excluding hydrogens is 414 g/mol. The summed E-state index contributed by atoms with van der Waals surface area (Å²) in [6, 6.07) is 12.3. The molecule has 2 aromatic heterocycles. The van der Waals surface area contributed by atoms with Crippen LogP contribution in [0.15, 0.2) is 48.7 Å². The molecule has 0 saturated heterocycles. The van der Waals surface area contributed by atoms with Gasteiger partial charge in [0.2, 0.25) is 0 Å². The van der Waals surface area contributed by atoms with Crippen molar-refractivity contribution in [3.05, 3.63) is 57.6 Å². The monoisotopic (exact) mass is 429 g/mol. The van der Waals surface area contributed by atoms with E-state index in [-0.39, 0.29) is 6.04 Å². The molecule has 28 heavy (non-hydrogen) atoms. The first-order valence-electron chi connectivity index (χ1n) is 8.61. The molecule has 2 aromatic carbocycles. The first-order valence-corrected chi connectivity index (χ1v) is 10.2. The Morgan fingerprint density at radius 2 is 2.04 bits per heavy atom. The highest BCUT2D eigenvalue weighted by Gasteiger charge is 2.25. The summed E-state index contributed by atoms with van der Waals surface area (Å²) >= 11 is 12.7. The fraction of sp³-hybridized carbons (Fsp3) is 0.150. The molecule has 0 bridgehead atoms. The molecule has 0 aliphatic heterocycles. The van der Waals surface area contributed by atoms with E-state index in [1.807, 2.05) is 32.0 Å². The van der Waals surface area contributed by atoms with Gasteiger partial charge in [-0.1, -0.05) is 11.6 Å². The maximum Gasteiger partial charge on any atom is 0.420 e. The van der Waals surface area contributed by atoms with Gasteiger partial charge in [0.05, 0.1) is 21.4 Å². The summed E-state index contributed by atoms with van der Waals surface area (Å²) < 4.78 is 7.23. The van der Waals surface area contributed by atoms with Gasteiger partial charge in [0.15, 0.2) is 3.95 Å². The second-order valence-corrected chi connectivity index (χ2v) is 8.62. The van der Waals surface area contributed by atoms with Crippen molar-refractivity contribution in [2.45, 2.75) is 19.9 Å². The number of amides is 1. The van der Waals surface area contributed by atoms with Gasteiger partial charge >= 0.3 is 6.09 Å². The molecule has 0 unspecified atom stereocenters. The number of anilines is 1. The average molecular weight is 430 g/mol. The Balaban J connectivity index is 1.84. The Morgan fingerprint density at radius 3 is 2.75 bits per heavy atom. The number of carbonyl (C=O) groups is 1. The van der Waals surface area contributed by atoms with E-state index in [9.17, 15) is 4.79 Å². The van der Waals surface area contributed by atoms with Crippen molar-refractivity contribution >= 4 is 68.1 Å². The van der Waals surface area contributed by atoms with Crippen molar-refractivity contribution < 1.29 is 9.53 Å². The summed E-state index contributed by atoms with van der Waals surface area (Å²) in [5.41, 5.74) is 2.32. The summed E-state index contributed by atoms with van der Waals surface area (Å²) in [5, 5.41) is 1.49. The number of H-pyrrole nitrogens is 1. The minimum Gasteiger partial charge on any atom is -0.410 e. The van der Waals surface area contributed by atoms with E-state index in [0.717, 1.165) is 15.6 Å². The van der Waals surface area contributed by atoms with Gasteiger partial charge in [0.1, 0.15) is 5.75 Å². The third-order valence-electron chi connectivity index (χ3n) is 4.26. The summed E-state index contributed by atoms with van der Waals surface area (Å²) in [4.78, 5) is 22.4. The molecule has 0 aliphatic rings. The summed E-state index contributed by atoms with van der Waals surface area (Å²) in [6.07, 6.45) is 1.23. The van der Waals surface area contributed by atoms with Crippen LogP contribution in [0.2, 0.25) is 5.02 Å². The Kier molecular flexibility index (Phi) is 5.05. The Morgan fingerprint density at radius 1 is 1.29 bits per heavy atom. The van der Waals surface area contributed by atoms with Crippen LogP contribution in [0, 0.1) is 3.95 Å². The number of halogens is 1. The molecule has 8 heteroatoms. The first kappa shape index (κ1) is 18.9. The first-order chi connectivity index (χ1) is 13.4. The number of fused-ring (bicyclic) bond motifs is 3. The number of hydrogen-bond acceptors (Lipinski definition) is 5. The highest BCUT2D eigenvalue weighted by Crippen LogP contribution is 2.35. The molecule has 142 valence electrons. The van der Waals surface area contributed by atoms with Gasteiger partial charge in [-0.05, 0) is 68.5 Å². The highest BCUT2D eigenvalue weighted by molar-refractivity contribution is 7.73. The van der Waals surface area contributed by atoms with Crippen molar-refractivity contribution in [2.24, 2.45) is 0 Å². The summed E-state index contributed by atoms with van der Waals surface area (Å²) in [7, 11) is 0. The molecule has 0 fully saturated rings. The third kappa shape index (κ3) is 3.48. The van der Waals surface area contributed by atoms with Gasteiger partial charge in [-0.2, -0.15) is 0 Å². The van der Waals surface area contributed by atoms with Crippen LogP contribution in [0.25, 0.3) is 21.1 Å². The molecule has 0 spiro atoms. The number of nitrogens with one attached hydrogen (secondary N) is 1. The molecule has 4 rings (SSSR count). The van der Waals surface area contributed by atoms with Gasteiger partial charge in [0.25, 0.3) is 0 Å². The van der Waals surface area contributed by atoms with Crippen molar-refractivity contribution in [1.29, 1.82) is 0 Å². The maximum atomic E-state index is 13.0. The molecule has 0 aliphatic carbocycles. The lowest BCUT2D eigenvalue weighted by molar-refractivity contribution is 0.206. The van der Waals surface area contributed by atoms with Crippen LogP contribution >= 0.6 is 35.2 Å². The van der Waals surface area contributed by atoms with Crippen LogP contribution in [-0.4, -0.2) is 22.1 Å². The molecule has 5 nitrogen and oxygen atoms in total. The Hall–Kier alpha value is -2.48. The quantitative estimate of drug-likeness (QED) is 0.374. The number of aromatic nitrogens is 2. The number of pyridine rings is 1. The van der Waals surface area contributed by atoms with E-state index in [1.54, 1.807) is 35.4 Å². The summed E-state index contributed by atoms with van der Waals surface area (Å²) in [5.74, 6) is 0.427. The zero-order valence-electron chi connectivity index (χ0n) is 15.1. The number of nitrogens with zero attached hydrogens (tertiary/aromatic N) is 2. The lowest BCUT2D eigenvalue weighted by Gasteiger charge is -2.27. The van der Waals surface area contributed by atoms with Gasteiger partial charge in [-0.15, -0.1) is 11.3 Å². The number of carbonyl (C=O) groups excluding carboxylic acids is 1. The van der Waals surface area contributed by atoms with Crippen molar-refractivity contribution in [2.75, 3.05) is 4.90 Å². The van der Waals surface area contributed by atoms with E-state index < -0.39 is 6.09 Å². The molecule has 0 radical (unpaired) electrons. The molecule has 0 atom stereocenters. The topological polar surface area (TPSA) is 58.2 Å². The number of ether oxygens (including phenoxy) is 1. The zero-order valence-corrected chi connectivity index (χ0v) is 17.5. The van der Waals surface area contributed by atoms with Crippen LogP contribution in [0.1, 0.15) is 13.8 Å². The lowest BCUT2D eigenvalue weighted by atomic mass is 10.1.